The molecule has 1 saturated heterocycles. The maximum atomic E-state index is 5.59. The van der Waals surface area contributed by atoms with E-state index in [1.807, 2.05) is 6.92 Å². The van der Waals surface area contributed by atoms with E-state index in [1.54, 1.807) is 0 Å². The van der Waals surface area contributed by atoms with Crippen molar-refractivity contribution in [1.82, 2.24) is 5.32 Å². The molecule has 0 saturated carbocycles. The summed E-state index contributed by atoms with van der Waals surface area (Å²) in [5.41, 5.74) is 2.75. The average Bonchev–Trinajstić information content (AvgIpc) is 2.60. The van der Waals surface area contributed by atoms with Crippen LogP contribution in [0, 0.1) is 6.92 Å². The summed E-state index contributed by atoms with van der Waals surface area (Å²) >= 11 is 0. The van der Waals surface area contributed by atoms with Crippen molar-refractivity contribution in [3.8, 4) is 5.75 Å². The van der Waals surface area contributed by atoms with Gasteiger partial charge in [0.15, 0.2) is 0 Å². The van der Waals surface area contributed by atoms with Crippen LogP contribution in [-0.4, -0.2) is 19.7 Å². The van der Waals surface area contributed by atoms with Crippen LogP contribution in [0.4, 0.5) is 0 Å². The molecule has 0 bridgehead atoms. The molecule has 1 N–H and O–H groups in total. The molecule has 1 atom stereocenters. The van der Waals surface area contributed by atoms with Gasteiger partial charge in [-0.05, 0) is 69.3 Å². The lowest BCUT2D eigenvalue weighted by atomic mass is 9.91. The number of nitrogens with one attached hydrogen (secondary N) is 1. The first-order valence-electron chi connectivity index (χ1n) is 6.75. The summed E-state index contributed by atoms with van der Waals surface area (Å²) in [6, 6.07) is 6.68. The maximum absolute atomic E-state index is 5.59. The Balaban J connectivity index is 2.12. The second-order valence-electron chi connectivity index (χ2n) is 4.84. The Hall–Kier alpha value is -1.02. The highest BCUT2D eigenvalue weighted by Gasteiger charge is 2.14. The predicted octanol–water partition coefficient (Wildman–Crippen LogP) is 3.25. The summed E-state index contributed by atoms with van der Waals surface area (Å²) in [4.78, 5) is 0. The van der Waals surface area contributed by atoms with Crippen LogP contribution in [0.25, 0.3) is 0 Å². The van der Waals surface area contributed by atoms with E-state index in [1.165, 1.54) is 36.9 Å². The minimum atomic E-state index is 0.722. The van der Waals surface area contributed by atoms with E-state index in [0.29, 0.717) is 0 Å². The van der Waals surface area contributed by atoms with Crippen molar-refractivity contribution in [2.45, 2.75) is 39.0 Å². The Morgan fingerprint density at radius 2 is 2.18 bits per heavy atom. The first-order valence-corrected chi connectivity index (χ1v) is 6.75. The maximum Gasteiger partial charge on any atom is 0.122 e. The smallest absolute Gasteiger partial charge is 0.122 e. The molecule has 17 heavy (non-hydrogen) atoms. The first-order chi connectivity index (χ1) is 8.31. The SMILES string of the molecule is CCOc1ccc(C2CCCNCC2)cc1C. The third-order valence-corrected chi connectivity index (χ3v) is 3.55. The van der Waals surface area contributed by atoms with Crippen molar-refractivity contribution < 1.29 is 4.74 Å². The van der Waals surface area contributed by atoms with E-state index in [-0.39, 0.29) is 0 Å². The molecule has 2 heteroatoms. The summed E-state index contributed by atoms with van der Waals surface area (Å²) in [6.45, 7) is 7.24. The van der Waals surface area contributed by atoms with Gasteiger partial charge in [0.25, 0.3) is 0 Å². The Morgan fingerprint density at radius 3 is 2.94 bits per heavy atom. The molecule has 0 amide bonds. The summed E-state index contributed by atoms with van der Waals surface area (Å²) in [5, 5.41) is 3.47. The molecule has 0 aliphatic carbocycles. The lowest BCUT2D eigenvalue weighted by Gasteiger charge is -2.16. The molecule has 2 rings (SSSR count). The number of hydrogen-bond donors (Lipinski definition) is 1. The lowest BCUT2D eigenvalue weighted by molar-refractivity contribution is 0.337. The fourth-order valence-electron chi connectivity index (χ4n) is 2.60. The van der Waals surface area contributed by atoms with Crippen molar-refractivity contribution in [1.29, 1.82) is 0 Å². The Kier molecular flexibility index (Phi) is 4.43. The molecule has 0 aromatic heterocycles. The largest absolute Gasteiger partial charge is 0.494 e. The summed E-state index contributed by atoms with van der Waals surface area (Å²) in [6.07, 6.45) is 3.85. The molecule has 0 spiro atoms. The van der Waals surface area contributed by atoms with Gasteiger partial charge in [0, 0.05) is 0 Å². The molecule has 0 radical (unpaired) electrons. The van der Waals surface area contributed by atoms with E-state index in [4.69, 9.17) is 4.74 Å². The average molecular weight is 233 g/mol. The van der Waals surface area contributed by atoms with Crippen molar-refractivity contribution in [2.24, 2.45) is 0 Å². The fourth-order valence-corrected chi connectivity index (χ4v) is 2.60. The summed E-state index contributed by atoms with van der Waals surface area (Å²) < 4.78 is 5.59. The van der Waals surface area contributed by atoms with Crippen molar-refractivity contribution in [3.05, 3.63) is 29.3 Å². The minimum Gasteiger partial charge on any atom is -0.494 e. The van der Waals surface area contributed by atoms with Crippen LogP contribution in [0.1, 0.15) is 43.2 Å². The molecule has 1 heterocycles. The van der Waals surface area contributed by atoms with E-state index in [9.17, 15) is 0 Å². The van der Waals surface area contributed by atoms with Gasteiger partial charge >= 0.3 is 0 Å². The van der Waals surface area contributed by atoms with Crippen LogP contribution >= 0.6 is 0 Å². The van der Waals surface area contributed by atoms with Crippen LogP contribution in [-0.2, 0) is 0 Å². The third-order valence-electron chi connectivity index (χ3n) is 3.55. The van der Waals surface area contributed by atoms with Gasteiger partial charge in [-0.25, -0.2) is 0 Å². The molecule has 1 fully saturated rings. The van der Waals surface area contributed by atoms with Gasteiger partial charge in [0.2, 0.25) is 0 Å². The van der Waals surface area contributed by atoms with Crippen LogP contribution in [0.2, 0.25) is 0 Å². The first kappa shape index (κ1) is 12.4. The number of rotatable bonds is 3. The minimum absolute atomic E-state index is 0.722. The molecule has 1 aliphatic heterocycles. The van der Waals surface area contributed by atoms with Gasteiger partial charge in [-0.3, -0.25) is 0 Å². The van der Waals surface area contributed by atoms with E-state index < -0.39 is 0 Å². The van der Waals surface area contributed by atoms with Gasteiger partial charge < -0.3 is 10.1 Å². The molecule has 1 unspecified atom stereocenters. The second kappa shape index (κ2) is 6.06. The van der Waals surface area contributed by atoms with E-state index >= 15 is 0 Å². The zero-order chi connectivity index (χ0) is 12.1. The van der Waals surface area contributed by atoms with Gasteiger partial charge in [0.05, 0.1) is 6.61 Å². The standard InChI is InChI=1S/C15H23NO/c1-3-17-15-7-6-14(11-12(15)2)13-5-4-9-16-10-8-13/h6-7,11,13,16H,3-5,8-10H2,1-2H3. The number of aryl methyl sites for hydroxylation is 1. The van der Waals surface area contributed by atoms with Crippen molar-refractivity contribution in [3.63, 3.8) is 0 Å². The molecular weight excluding hydrogens is 210 g/mol. The Morgan fingerprint density at radius 1 is 1.29 bits per heavy atom. The number of ether oxygens (including phenoxy) is 1. The number of hydrogen-bond acceptors (Lipinski definition) is 2. The fraction of sp³-hybridized carbons (Fsp3) is 0.600. The highest BCUT2D eigenvalue weighted by atomic mass is 16.5. The Bertz CT molecular complexity index is 354. The van der Waals surface area contributed by atoms with Crippen LogP contribution in [0.15, 0.2) is 18.2 Å². The van der Waals surface area contributed by atoms with Gasteiger partial charge in [-0.15, -0.1) is 0 Å². The lowest BCUT2D eigenvalue weighted by Crippen LogP contribution is -2.13. The van der Waals surface area contributed by atoms with Gasteiger partial charge in [-0.2, -0.15) is 0 Å². The monoisotopic (exact) mass is 233 g/mol. The van der Waals surface area contributed by atoms with E-state index in [2.05, 4.69) is 30.4 Å². The normalized spacial score (nSPS) is 20.9. The van der Waals surface area contributed by atoms with E-state index in [0.717, 1.165) is 24.8 Å². The van der Waals surface area contributed by atoms with Crippen LogP contribution < -0.4 is 10.1 Å². The van der Waals surface area contributed by atoms with Crippen LogP contribution in [0.3, 0.4) is 0 Å². The van der Waals surface area contributed by atoms with Crippen LogP contribution in [0.5, 0.6) is 5.75 Å². The summed E-state index contributed by atoms with van der Waals surface area (Å²) in [5.74, 6) is 1.75. The molecule has 1 aromatic rings. The molecule has 1 aromatic carbocycles. The molecular formula is C15H23NO. The third kappa shape index (κ3) is 3.22. The highest BCUT2D eigenvalue weighted by Crippen LogP contribution is 2.29. The number of benzene rings is 1. The quantitative estimate of drug-likeness (QED) is 0.865. The molecule has 1 aliphatic rings. The predicted molar refractivity (Wildman–Crippen MR) is 71.8 cm³/mol. The topological polar surface area (TPSA) is 21.3 Å². The van der Waals surface area contributed by atoms with Crippen molar-refractivity contribution >= 4 is 0 Å². The second-order valence-corrected chi connectivity index (χ2v) is 4.84. The van der Waals surface area contributed by atoms with Gasteiger partial charge in [0.1, 0.15) is 5.75 Å². The zero-order valence-electron chi connectivity index (χ0n) is 11.0. The molecule has 94 valence electrons. The summed E-state index contributed by atoms with van der Waals surface area (Å²) in [7, 11) is 0. The van der Waals surface area contributed by atoms with Gasteiger partial charge in [-0.1, -0.05) is 12.1 Å². The zero-order valence-corrected chi connectivity index (χ0v) is 11.0. The molecule has 2 nitrogen and oxygen atoms in total. The van der Waals surface area contributed by atoms with Crippen molar-refractivity contribution in [2.75, 3.05) is 19.7 Å². The highest BCUT2D eigenvalue weighted by molar-refractivity contribution is 5.37. The Labute approximate surface area is 104 Å².